The van der Waals surface area contributed by atoms with Gasteiger partial charge in [0.25, 0.3) is 0 Å². The Bertz CT molecular complexity index is 449. The molecule has 26 heavy (non-hydrogen) atoms. The monoisotopic (exact) mass is 374 g/mol. The first-order valence-electron chi connectivity index (χ1n) is 9.78. The molecular formula is C19H35FN2O4. The second kappa shape index (κ2) is 11.5. The average molecular weight is 374 g/mol. The lowest BCUT2D eigenvalue weighted by Crippen LogP contribution is -2.46. The molecule has 0 aromatic carbocycles. The number of nitrogens with one attached hydrogen (secondary N) is 1. The Hall–Kier alpha value is -1.21. The molecule has 1 saturated heterocycles. The number of hydrogen-bond acceptors (Lipinski definition) is 5. The summed E-state index contributed by atoms with van der Waals surface area (Å²) in [6, 6.07) is -0.558. The van der Waals surface area contributed by atoms with Crippen molar-refractivity contribution in [3.8, 4) is 0 Å². The summed E-state index contributed by atoms with van der Waals surface area (Å²) in [5, 5.41) is 12.4. The number of halogens is 1. The SMILES string of the molecule is CCCC(F)OC(=O)[C@H]1C[C@@H](CO)CN1CC(CCC)C(C)NC(C)=O. The van der Waals surface area contributed by atoms with Gasteiger partial charge in [-0.3, -0.25) is 14.5 Å². The van der Waals surface area contributed by atoms with Crippen LogP contribution in [-0.4, -0.2) is 60.0 Å². The number of hydrogen-bond donors (Lipinski definition) is 2. The summed E-state index contributed by atoms with van der Waals surface area (Å²) in [6.45, 7) is 8.55. The average Bonchev–Trinajstić information content (AvgIpc) is 2.97. The maximum absolute atomic E-state index is 13.7. The van der Waals surface area contributed by atoms with Gasteiger partial charge < -0.3 is 15.2 Å². The second-order valence-corrected chi connectivity index (χ2v) is 7.43. The van der Waals surface area contributed by atoms with Gasteiger partial charge in [0.1, 0.15) is 6.04 Å². The lowest BCUT2D eigenvalue weighted by Gasteiger charge is -2.31. The molecule has 0 aliphatic carbocycles. The molecule has 6 nitrogen and oxygen atoms in total. The van der Waals surface area contributed by atoms with Gasteiger partial charge in [0, 0.05) is 39.1 Å². The number of carbonyl (C=O) groups excluding carboxylic acids is 2. The number of rotatable bonds is 11. The van der Waals surface area contributed by atoms with Crippen molar-refractivity contribution in [2.75, 3.05) is 19.7 Å². The molecule has 1 aliphatic heterocycles. The number of amides is 1. The van der Waals surface area contributed by atoms with Gasteiger partial charge in [0.15, 0.2) is 0 Å². The normalized spacial score (nSPS) is 24.1. The molecule has 0 aromatic heterocycles. The molecule has 1 fully saturated rings. The second-order valence-electron chi connectivity index (χ2n) is 7.43. The number of likely N-dealkylation sites (tertiary alicyclic amines) is 1. The van der Waals surface area contributed by atoms with Gasteiger partial charge in [-0.05, 0) is 38.0 Å². The van der Waals surface area contributed by atoms with E-state index in [0.29, 0.717) is 25.9 Å². The standard InChI is InChI=1S/C19H35FN2O4/c1-5-7-16(13(3)21-14(4)24)11-22-10-15(12-23)9-17(22)19(25)26-18(20)8-6-2/h13,15-18,23H,5-12H2,1-4H3,(H,21,24)/t13?,15-,16?,17-,18?/m1/s1. The smallest absolute Gasteiger partial charge is 0.325 e. The first kappa shape index (κ1) is 22.8. The molecule has 5 atom stereocenters. The Morgan fingerprint density at radius 3 is 2.50 bits per heavy atom. The van der Waals surface area contributed by atoms with Gasteiger partial charge in [-0.15, -0.1) is 0 Å². The fourth-order valence-corrected chi connectivity index (χ4v) is 3.68. The molecule has 0 radical (unpaired) electrons. The van der Waals surface area contributed by atoms with E-state index in [4.69, 9.17) is 4.74 Å². The molecule has 1 amide bonds. The van der Waals surface area contributed by atoms with E-state index in [0.717, 1.165) is 12.8 Å². The number of aliphatic hydroxyl groups excluding tert-OH is 1. The van der Waals surface area contributed by atoms with Crippen LogP contribution in [0.1, 0.15) is 59.8 Å². The van der Waals surface area contributed by atoms with E-state index in [-0.39, 0.29) is 36.8 Å². The number of alkyl halides is 1. The van der Waals surface area contributed by atoms with E-state index in [1.54, 1.807) is 0 Å². The third-order valence-electron chi connectivity index (χ3n) is 5.05. The molecule has 1 rings (SSSR count). The van der Waals surface area contributed by atoms with Crippen LogP contribution in [0.25, 0.3) is 0 Å². The molecule has 0 spiro atoms. The molecular weight excluding hydrogens is 339 g/mol. The third kappa shape index (κ3) is 7.19. The van der Waals surface area contributed by atoms with Crippen LogP contribution >= 0.6 is 0 Å². The highest BCUT2D eigenvalue weighted by atomic mass is 19.1. The van der Waals surface area contributed by atoms with Crippen molar-refractivity contribution in [2.45, 2.75) is 78.2 Å². The Kier molecular flexibility index (Phi) is 10.1. The van der Waals surface area contributed by atoms with Crippen molar-refractivity contribution >= 4 is 11.9 Å². The van der Waals surface area contributed by atoms with Crippen LogP contribution in [0.4, 0.5) is 4.39 Å². The maximum atomic E-state index is 13.7. The minimum atomic E-state index is -1.58. The van der Waals surface area contributed by atoms with Crippen molar-refractivity contribution in [3.63, 3.8) is 0 Å². The highest BCUT2D eigenvalue weighted by Crippen LogP contribution is 2.27. The first-order valence-corrected chi connectivity index (χ1v) is 9.78. The zero-order chi connectivity index (χ0) is 19.7. The minimum absolute atomic E-state index is 0.00596. The predicted octanol–water partition coefficient (Wildman–Crippen LogP) is 2.25. The van der Waals surface area contributed by atoms with Crippen LogP contribution in [0.2, 0.25) is 0 Å². The van der Waals surface area contributed by atoms with Crippen LogP contribution in [-0.2, 0) is 14.3 Å². The zero-order valence-corrected chi connectivity index (χ0v) is 16.5. The van der Waals surface area contributed by atoms with Crippen LogP contribution in [0.15, 0.2) is 0 Å². The third-order valence-corrected chi connectivity index (χ3v) is 5.05. The van der Waals surface area contributed by atoms with E-state index in [1.807, 2.05) is 18.7 Å². The highest BCUT2D eigenvalue weighted by Gasteiger charge is 2.39. The Morgan fingerprint density at radius 2 is 1.96 bits per heavy atom. The molecule has 1 aliphatic rings. The zero-order valence-electron chi connectivity index (χ0n) is 16.5. The van der Waals surface area contributed by atoms with Crippen molar-refractivity contribution in [2.24, 2.45) is 11.8 Å². The molecule has 7 heteroatoms. The molecule has 2 N–H and O–H groups in total. The van der Waals surface area contributed by atoms with E-state index >= 15 is 0 Å². The summed E-state index contributed by atoms with van der Waals surface area (Å²) in [4.78, 5) is 25.8. The highest BCUT2D eigenvalue weighted by molar-refractivity contribution is 5.76. The lowest BCUT2D eigenvalue weighted by molar-refractivity contribution is -0.164. The molecule has 0 saturated carbocycles. The van der Waals surface area contributed by atoms with E-state index in [9.17, 15) is 19.1 Å². The topological polar surface area (TPSA) is 78.9 Å². The van der Waals surface area contributed by atoms with Crippen molar-refractivity contribution in [3.05, 3.63) is 0 Å². The summed E-state index contributed by atoms with van der Waals surface area (Å²) in [7, 11) is 0. The predicted molar refractivity (Wildman–Crippen MR) is 98.1 cm³/mol. The van der Waals surface area contributed by atoms with Crippen LogP contribution in [0.3, 0.4) is 0 Å². The Morgan fingerprint density at radius 1 is 1.31 bits per heavy atom. The van der Waals surface area contributed by atoms with E-state index in [1.165, 1.54) is 6.92 Å². The molecule has 3 unspecified atom stereocenters. The summed E-state index contributed by atoms with van der Waals surface area (Å²) in [5.74, 6) is -0.475. The summed E-state index contributed by atoms with van der Waals surface area (Å²) in [5.41, 5.74) is 0. The Labute approximate surface area is 156 Å². The first-order chi connectivity index (χ1) is 12.3. The van der Waals surface area contributed by atoms with Crippen LogP contribution < -0.4 is 5.32 Å². The largest absolute Gasteiger partial charge is 0.430 e. The maximum Gasteiger partial charge on any atom is 0.325 e. The number of nitrogens with zero attached hydrogens (tertiary/aromatic N) is 1. The van der Waals surface area contributed by atoms with Gasteiger partial charge in [-0.25, -0.2) is 4.39 Å². The van der Waals surface area contributed by atoms with Gasteiger partial charge >= 0.3 is 5.97 Å². The number of carbonyl (C=O) groups is 2. The molecule has 0 aromatic rings. The fourth-order valence-electron chi connectivity index (χ4n) is 3.68. The summed E-state index contributed by atoms with van der Waals surface area (Å²) in [6.07, 6.45) is 1.57. The summed E-state index contributed by atoms with van der Waals surface area (Å²) >= 11 is 0. The quantitative estimate of drug-likeness (QED) is 0.542. The van der Waals surface area contributed by atoms with Gasteiger partial charge in [0.2, 0.25) is 12.3 Å². The number of ether oxygens (including phenoxy) is 1. The number of esters is 1. The van der Waals surface area contributed by atoms with E-state index in [2.05, 4.69) is 12.2 Å². The molecule has 0 bridgehead atoms. The molecule has 152 valence electrons. The minimum Gasteiger partial charge on any atom is -0.430 e. The summed E-state index contributed by atoms with van der Waals surface area (Å²) < 4.78 is 18.7. The van der Waals surface area contributed by atoms with Crippen molar-refractivity contribution in [1.29, 1.82) is 0 Å². The van der Waals surface area contributed by atoms with Gasteiger partial charge in [-0.2, -0.15) is 0 Å². The van der Waals surface area contributed by atoms with Crippen LogP contribution in [0.5, 0.6) is 0 Å². The van der Waals surface area contributed by atoms with Gasteiger partial charge in [0.05, 0.1) is 0 Å². The molecule has 1 heterocycles. The van der Waals surface area contributed by atoms with Crippen LogP contribution in [0, 0.1) is 11.8 Å². The van der Waals surface area contributed by atoms with Gasteiger partial charge in [-0.1, -0.05) is 20.3 Å². The fraction of sp³-hybridized carbons (Fsp3) is 0.895. The Balaban J connectivity index is 2.79. The van der Waals surface area contributed by atoms with Crippen molar-refractivity contribution < 1.29 is 23.8 Å². The number of aliphatic hydroxyl groups is 1. The van der Waals surface area contributed by atoms with E-state index < -0.39 is 18.4 Å². The lowest BCUT2D eigenvalue weighted by atomic mass is 9.95. The van der Waals surface area contributed by atoms with Crippen molar-refractivity contribution in [1.82, 2.24) is 10.2 Å².